The number of carbonyl (C=O) groups is 2. The van der Waals surface area contributed by atoms with Crippen LogP contribution in [0.3, 0.4) is 0 Å². The minimum Gasteiger partial charge on any atom is -0.481 e. The number of aliphatic hydroxyl groups excluding tert-OH is 9. The van der Waals surface area contributed by atoms with E-state index in [0.717, 1.165) is 12.0 Å². The monoisotopic (exact) mass is 926 g/mol. The number of fused-ring (bicyclic) bond motifs is 7. The van der Waals surface area contributed by atoms with E-state index in [9.17, 15) is 55.9 Å². The average Bonchev–Trinajstić information content (AvgIpc) is 3.25. The van der Waals surface area contributed by atoms with Crippen molar-refractivity contribution in [2.45, 2.75) is 198 Å². The number of carboxylic acid groups (broad SMARTS) is 1. The molecule has 0 radical (unpaired) electrons. The zero-order valence-corrected chi connectivity index (χ0v) is 38.7. The summed E-state index contributed by atoms with van der Waals surface area (Å²) in [6, 6.07) is 0. The highest BCUT2D eigenvalue weighted by atomic mass is 16.8. The van der Waals surface area contributed by atoms with Crippen LogP contribution in [0.5, 0.6) is 0 Å². The molecule has 0 aromatic carbocycles. The van der Waals surface area contributed by atoms with Gasteiger partial charge in [-0.3, -0.25) is 9.59 Å². The molecule has 18 heteroatoms. The smallest absolute Gasteiger partial charge is 0.310 e. The van der Waals surface area contributed by atoms with Crippen LogP contribution in [-0.2, 0) is 38.0 Å². The molecular formula is C47H74O18. The van der Waals surface area contributed by atoms with Gasteiger partial charge >= 0.3 is 5.97 Å². The van der Waals surface area contributed by atoms with E-state index in [-0.39, 0.29) is 36.2 Å². The highest BCUT2D eigenvalue weighted by Crippen LogP contribution is 2.75. The van der Waals surface area contributed by atoms with E-state index in [1.165, 1.54) is 6.92 Å². The standard InChI is InChI=1S/C47H74O18/c1-21-29(51)32(54)34(56)38(61-21)65-36-31(53)26(63-39-35(57)33(55)30(52)25(18-48)62-39)19-60-40(36)64-28-9-10-43(4)27(44(28,5)20-49)8-11-46(7)37(43)24(50)16-22-23-17-42(2,3)12-14-47(23,41(58)59)15-13-45(22,46)6/h16,21,23,25-40,48-49,51-57H,8-15,17-20H2,1-7H3,(H,58,59)/t21-,23-,25+,26-,27+,28-,29-,30+,31-,32+,33-,34+,35+,36+,37+,38-,39-,40-,43-,44-,45+,46+,47-/m0/s1. The Morgan fingerprint density at radius 3 is 2.03 bits per heavy atom. The number of carbonyl (C=O) groups excluding carboxylic acids is 1. The summed E-state index contributed by atoms with van der Waals surface area (Å²) in [5, 5.41) is 107. The minimum absolute atomic E-state index is 0.00150. The molecule has 0 spiro atoms. The number of aliphatic carboxylic acids is 1. The predicted molar refractivity (Wildman–Crippen MR) is 225 cm³/mol. The summed E-state index contributed by atoms with van der Waals surface area (Å²) in [4.78, 5) is 28.1. The number of hydrogen-bond acceptors (Lipinski definition) is 17. The highest BCUT2D eigenvalue weighted by molar-refractivity contribution is 5.96. The average molecular weight is 927 g/mol. The van der Waals surface area contributed by atoms with Gasteiger partial charge < -0.3 is 79.5 Å². The second kappa shape index (κ2) is 17.3. The maximum Gasteiger partial charge on any atom is 0.310 e. The first-order valence-electron chi connectivity index (χ1n) is 23.7. The second-order valence-electron chi connectivity index (χ2n) is 22.8. The Bertz CT molecular complexity index is 1830. The van der Waals surface area contributed by atoms with Crippen LogP contribution in [0, 0.1) is 50.2 Å². The Labute approximate surface area is 380 Å². The van der Waals surface area contributed by atoms with Gasteiger partial charge in [0.15, 0.2) is 24.7 Å². The van der Waals surface area contributed by atoms with Crippen LogP contribution in [0.2, 0.25) is 0 Å². The molecule has 0 aromatic heterocycles. The summed E-state index contributed by atoms with van der Waals surface area (Å²) in [6.45, 7) is 13.0. The first-order valence-corrected chi connectivity index (χ1v) is 23.7. The summed E-state index contributed by atoms with van der Waals surface area (Å²) < 4.78 is 36.4. The Balaban J connectivity index is 1.07. The fourth-order valence-electron chi connectivity index (χ4n) is 14.6. The number of aliphatic hydroxyl groups is 9. The summed E-state index contributed by atoms with van der Waals surface area (Å²) >= 11 is 0. The van der Waals surface area contributed by atoms with Crippen molar-refractivity contribution >= 4 is 11.8 Å². The lowest BCUT2D eigenvalue weighted by Crippen LogP contribution is -2.68. The molecule has 0 aromatic rings. The SMILES string of the molecule is C[C@@H]1O[C@@H](O[C@H]2[C@H](O[C@H]3CC[C@@]4(C)[C@@H](CC[C@]5(C)[C@@H]4C(=O)C=C4[C@@H]6CC(C)(C)CC[C@]6(C(=O)O)CC[C@]45C)[C@]3(C)CO)OC[C@H](O[C@@H]3O[C@H](CO)[C@@H](O)[C@H](O)[C@H]3O)[C@@H]2O)[C@H](O)[C@H](O)[C@H]1O. The third kappa shape index (κ3) is 7.62. The third-order valence-electron chi connectivity index (χ3n) is 18.9. The fourth-order valence-corrected chi connectivity index (χ4v) is 14.6. The number of ketones is 1. The van der Waals surface area contributed by atoms with Gasteiger partial charge in [-0.05, 0) is 104 Å². The van der Waals surface area contributed by atoms with Gasteiger partial charge in [0, 0.05) is 11.3 Å². The molecule has 4 saturated carbocycles. The van der Waals surface area contributed by atoms with Crippen molar-refractivity contribution in [3.05, 3.63) is 11.6 Å². The Kier molecular flexibility index (Phi) is 13.2. The van der Waals surface area contributed by atoms with E-state index in [0.29, 0.717) is 51.4 Å². The van der Waals surface area contributed by atoms with Crippen molar-refractivity contribution in [1.82, 2.24) is 0 Å². The maximum absolute atomic E-state index is 15.0. The zero-order chi connectivity index (χ0) is 47.6. The molecule has 10 N–H and O–H groups in total. The Hall–Kier alpha value is -1.72. The lowest BCUT2D eigenvalue weighted by atomic mass is 9.33. The topological polar surface area (TPSA) is 292 Å². The van der Waals surface area contributed by atoms with Crippen LogP contribution in [-0.4, -0.2) is 175 Å². The van der Waals surface area contributed by atoms with Gasteiger partial charge in [0.2, 0.25) is 0 Å². The van der Waals surface area contributed by atoms with Crippen LogP contribution in [0.1, 0.15) is 106 Å². The normalized spacial score (nSPS) is 54.3. The number of allylic oxidation sites excluding steroid dienone is 2. The van der Waals surface area contributed by atoms with Crippen LogP contribution in [0.25, 0.3) is 0 Å². The third-order valence-corrected chi connectivity index (χ3v) is 18.9. The largest absolute Gasteiger partial charge is 0.481 e. The van der Waals surface area contributed by atoms with Gasteiger partial charge in [0.1, 0.15) is 61.0 Å². The molecule has 8 aliphatic rings. The molecule has 3 saturated heterocycles. The summed E-state index contributed by atoms with van der Waals surface area (Å²) in [5.74, 6) is -1.70. The van der Waals surface area contributed by atoms with Gasteiger partial charge in [0.25, 0.3) is 0 Å². The minimum atomic E-state index is -1.80. The van der Waals surface area contributed by atoms with E-state index in [4.69, 9.17) is 28.4 Å². The van der Waals surface area contributed by atoms with Gasteiger partial charge in [0.05, 0.1) is 37.4 Å². The predicted octanol–water partition coefficient (Wildman–Crippen LogP) is 0.524. The zero-order valence-electron chi connectivity index (χ0n) is 38.7. The molecule has 3 aliphatic heterocycles. The molecule has 370 valence electrons. The maximum atomic E-state index is 15.0. The Morgan fingerprint density at radius 1 is 0.738 bits per heavy atom. The van der Waals surface area contributed by atoms with Crippen molar-refractivity contribution < 1.29 is 89.1 Å². The highest BCUT2D eigenvalue weighted by Gasteiger charge is 2.72. The summed E-state index contributed by atoms with van der Waals surface area (Å²) in [7, 11) is 0. The first-order chi connectivity index (χ1) is 30.3. The molecule has 23 atom stereocenters. The van der Waals surface area contributed by atoms with Crippen LogP contribution in [0.4, 0.5) is 0 Å². The Morgan fingerprint density at radius 2 is 1.38 bits per heavy atom. The van der Waals surface area contributed by atoms with Crippen molar-refractivity contribution in [2.24, 2.45) is 50.2 Å². The number of hydrogen-bond donors (Lipinski definition) is 10. The summed E-state index contributed by atoms with van der Waals surface area (Å²) in [5.41, 5.74) is -2.51. The van der Waals surface area contributed by atoms with Crippen molar-refractivity contribution in [1.29, 1.82) is 0 Å². The molecule has 3 heterocycles. The van der Waals surface area contributed by atoms with E-state index in [2.05, 4.69) is 34.6 Å². The molecule has 5 aliphatic carbocycles. The molecule has 7 fully saturated rings. The van der Waals surface area contributed by atoms with E-state index in [1.54, 1.807) is 0 Å². The number of ether oxygens (including phenoxy) is 6. The molecule has 0 bridgehead atoms. The fraction of sp³-hybridized carbons (Fsp3) is 0.915. The lowest BCUT2D eigenvalue weighted by molar-refractivity contribution is -0.381. The van der Waals surface area contributed by atoms with Crippen LogP contribution in [0.15, 0.2) is 11.6 Å². The van der Waals surface area contributed by atoms with Gasteiger partial charge in [-0.1, -0.05) is 47.1 Å². The quantitative estimate of drug-likeness (QED) is 0.141. The molecule has 8 rings (SSSR count). The summed E-state index contributed by atoms with van der Waals surface area (Å²) in [6.07, 6.45) is -15.2. The van der Waals surface area contributed by atoms with Crippen molar-refractivity contribution in [3.8, 4) is 0 Å². The van der Waals surface area contributed by atoms with Gasteiger partial charge in [-0.25, -0.2) is 0 Å². The molecule has 18 nitrogen and oxygen atoms in total. The number of rotatable bonds is 9. The van der Waals surface area contributed by atoms with Crippen molar-refractivity contribution in [2.75, 3.05) is 19.8 Å². The molecular weight excluding hydrogens is 852 g/mol. The van der Waals surface area contributed by atoms with Crippen LogP contribution >= 0.6 is 0 Å². The van der Waals surface area contributed by atoms with Crippen molar-refractivity contribution in [3.63, 3.8) is 0 Å². The lowest BCUT2D eigenvalue weighted by Gasteiger charge is -2.70. The van der Waals surface area contributed by atoms with E-state index >= 15 is 4.79 Å². The van der Waals surface area contributed by atoms with Crippen LogP contribution < -0.4 is 0 Å². The molecule has 65 heavy (non-hydrogen) atoms. The first kappa shape index (κ1) is 49.7. The molecule has 0 amide bonds. The number of carboxylic acids is 1. The van der Waals surface area contributed by atoms with Gasteiger partial charge in [-0.2, -0.15) is 0 Å². The van der Waals surface area contributed by atoms with E-state index < -0.39 is 138 Å². The van der Waals surface area contributed by atoms with Gasteiger partial charge in [-0.15, -0.1) is 0 Å². The van der Waals surface area contributed by atoms with E-state index in [1.807, 2.05) is 13.0 Å². The molecule has 0 unspecified atom stereocenters. The second-order valence-corrected chi connectivity index (χ2v) is 22.8.